The van der Waals surface area contributed by atoms with E-state index in [1.54, 1.807) is 0 Å². The summed E-state index contributed by atoms with van der Waals surface area (Å²) in [5.74, 6) is 0. The lowest BCUT2D eigenvalue weighted by molar-refractivity contribution is 0.448. The Bertz CT molecular complexity index is 334. The average Bonchev–Trinajstić information content (AvgIpc) is 2.20. The highest BCUT2D eigenvalue weighted by atomic mass is 35.5. The Morgan fingerprint density at radius 2 is 2.00 bits per heavy atom. The topological polar surface area (TPSA) is 24.1 Å². The summed E-state index contributed by atoms with van der Waals surface area (Å²) in [7, 11) is 1.96. The van der Waals surface area contributed by atoms with Gasteiger partial charge in [-0.15, -0.1) is 0 Å². The molecule has 0 aliphatic carbocycles. The van der Waals surface area contributed by atoms with E-state index >= 15 is 0 Å². The Labute approximate surface area is 97.0 Å². The van der Waals surface area contributed by atoms with Crippen LogP contribution in [0, 0.1) is 6.92 Å². The van der Waals surface area contributed by atoms with Crippen LogP contribution in [0.2, 0.25) is 5.02 Å². The highest BCUT2D eigenvalue weighted by Crippen LogP contribution is 2.23. The van der Waals surface area contributed by atoms with E-state index in [4.69, 9.17) is 11.6 Å². The van der Waals surface area contributed by atoms with Crippen molar-refractivity contribution in [3.63, 3.8) is 0 Å². The number of rotatable bonds is 4. The summed E-state index contributed by atoms with van der Waals surface area (Å²) in [6.45, 7) is 7.20. The maximum atomic E-state index is 6.04. The van der Waals surface area contributed by atoms with Crippen molar-refractivity contribution in [1.82, 2.24) is 5.32 Å². The summed E-state index contributed by atoms with van der Waals surface area (Å²) in [6.07, 6.45) is 0. The van der Waals surface area contributed by atoms with Gasteiger partial charge in [0.25, 0.3) is 0 Å². The van der Waals surface area contributed by atoms with E-state index < -0.39 is 0 Å². The quantitative estimate of drug-likeness (QED) is 0.825. The van der Waals surface area contributed by atoms with Gasteiger partial charge in [0.05, 0.1) is 0 Å². The molecule has 84 valence electrons. The predicted molar refractivity (Wildman–Crippen MR) is 67.8 cm³/mol. The second-order valence-corrected chi connectivity index (χ2v) is 4.81. The molecule has 1 aromatic rings. The fraction of sp³-hybridized carbons (Fsp3) is 0.500. The Hall–Kier alpha value is -0.730. The number of likely N-dealkylation sites (N-methyl/N-ethyl adjacent to an activating group) is 1. The Balaban J connectivity index is 2.70. The number of anilines is 1. The van der Waals surface area contributed by atoms with Crippen LogP contribution in [0.15, 0.2) is 18.2 Å². The molecule has 0 aliphatic heterocycles. The number of hydrogen-bond acceptors (Lipinski definition) is 2. The van der Waals surface area contributed by atoms with Crippen molar-refractivity contribution in [2.45, 2.75) is 26.3 Å². The van der Waals surface area contributed by atoms with Gasteiger partial charge in [-0.05, 0) is 45.5 Å². The molecule has 0 spiro atoms. The first kappa shape index (κ1) is 12.3. The number of benzene rings is 1. The zero-order valence-electron chi connectivity index (χ0n) is 9.82. The van der Waals surface area contributed by atoms with E-state index in [9.17, 15) is 0 Å². The van der Waals surface area contributed by atoms with Crippen LogP contribution in [0.25, 0.3) is 0 Å². The molecule has 2 N–H and O–H groups in total. The van der Waals surface area contributed by atoms with E-state index in [0.29, 0.717) is 0 Å². The lowest BCUT2D eigenvalue weighted by Gasteiger charge is -2.25. The van der Waals surface area contributed by atoms with E-state index in [1.807, 2.05) is 32.2 Å². The van der Waals surface area contributed by atoms with Crippen molar-refractivity contribution >= 4 is 17.3 Å². The molecule has 0 bridgehead atoms. The lowest BCUT2D eigenvalue weighted by atomic mass is 10.1. The van der Waals surface area contributed by atoms with E-state index in [2.05, 4.69) is 24.5 Å². The molecule has 0 aliphatic rings. The van der Waals surface area contributed by atoms with Gasteiger partial charge in [-0.2, -0.15) is 0 Å². The van der Waals surface area contributed by atoms with Crippen LogP contribution in [-0.4, -0.2) is 19.1 Å². The molecule has 0 heterocycles. The second kappa shape index (κ2) is 4.86. The van der Waals surface area contributed by atoms with E-state index in [1.165, 1.54) is 0 Å². The van der Waals surface area contributed by atoms with Crippen LogP contribution in [0.3, 0.4) is 0 Å². The second-order valence-electron chi connectivity index (χ2n) is 4.40. The Morgan fingerprint density at radius 3 is 2.60 bits per heavy atom. The number of halogens is 1. The van der Waals surface area contributed by atoms with Gasteiger partial charge in [0.2, 0.25) is 0 Å². The molecule has 0 saturated carbocycles. The minimum atomic E-state index is 0.0781. The van der Waals surface area contributed by atoms with Crippen molar-refractivity contribution in [3.8, 4) is 0 Å². The van der Waals surface area contributed by atoms with E-state index in [0.717, 1.165) is 22.8 Å². The molecule has 0 radical (unpaired) electrons. The molecule has 0 fully saturated rings. The van der Waals surface area contributed by atoms with Crippen molar-refractivity contribution < 1.29 is 0 Å². The summed E-state index contributed by atoms with van der Waals surface area (Å²) in [5, 5.41) is 7.46. The largest absolute Gasteiger partial charge is 0.383 e. The normalized spacial score (nSPS) is 11.5. The van der Waals surface area contributed by atoms with Crippen molar-refractivity contribution in [2.24, 2.45) is 0 Å². The van der Waals surface area contributed by atoms with Gasteiger partial charge in [-0.1, -0.05) is 17.7 Å². The highest BCUT2D eigenvalue weighted by molar-refractivity contribution is 6.31. The molecule has 3 heteroatoms. The molecule has 1 rings (SSSR count). The molecule has 0 atom stereocenters. The molecule has 0 saturated heterocycles. The standard InChI is InChI=1S/C12H19ClN2/c1-9-10(13)6-5-7-11(9)15-8-12(2,3)14-4/h5-7,14-15H,8H2,1-4H3. The predicted octanol–water partition coefficient (Wildman–Crippen LogP) is 3.06. The zero-order valence-corrected chi connectivity index (χ0v) is 10.6. The van der Waals surface area contributed by atoms with Gasteiger partial charge in [-0.3, -0.25) is 0 Å². The summed E-state index contributed by atoms with van der Waals surface area (Å²) in [6, 6.07) is 5.92. The van der Waals surface area contributed by atoms with Gasteiger partial charge < -0.3 is 10.6 Å². The SMILES string of the molecule is CNC(C)(C)CNc1cccc(Cl)c1C. The van der Waals surface area contributed by atoms with Gasteiger partial charge >= 0.3 is 0 Å². The summed E-state index contributed by atoms with van der Waals surface area (Å²) < 4.78 is 0. The van der Waals surface area contributed by atoms with Crippen LogP contribution in [0.5, 0.6) is 0 Å². The molecule has 2 nitrogen and oxygen atoms in total. The van der Waals surface area contributed by atoms with Crippen LogP contribution < -0.4 is 10.6 Å². The molecule has 0 amide bonds. The van der Waals surface area contributed by atoms with Crippen LogP contribution in [-0.2, 0) is 0 Å². The minimum Gasteiger partial charge on any atom is -0.383 e. The first-order valence-electron chi connectivity index (χ1n) is 5.14. The van der Waals surface area contributed by atoms with Crippen LogP contribution in [0.4, 0.5) is 5.69 Å². The van der Waals surface area contributed by atoms with Gasteiger partial charge in [0.1, 0.15) is 0 Å². The maximum absolute atomic E-state index is 6.04. The Morgan fingerprint density at radius 1 is 1.33 bits per heavy atom. The summed E-state index contributed by atoms with van der Waals surface area (Å²) in [4.78, 5) is 0. The minimum absolute atomic E-state index is 0.0781. The zero-order chi connectivity index (χ0) is 11.5. The lowest BCUT2D eigenvalue weighted by Crippen LogP contribution is -2.42. The monoisotopic (exact) mass is 226 g/mol. The van der Waals surface area contributed by atoms with Gasteiger partial charge in [0.15, 0.2) is 0 Å². The molecule has 0 unspecified atom stereocenters. The van der Waals surface area contributed by atoms with Crippen molar-refractivity contribution in [1.29, 1.82) is 0 Å². The molecular formula is C12H19ClN2. The maximum Gasteiger partial charge on any atom is 0.0455 e. The fourth-order valence-electron chi connectivity index (χ4n) is 1.20. The fourth-order valence-corrected chi connectivity index (χ4v) is 1.38. The molecule has 1 aromatic carbocycles. The van der Waals surface area contributed by atoms with Crippen molar-refractivity contribution in [2.75, 3.05) is 18.9 Å². The molecular weight excluding hydrogens is 208 g/mol. The van der Waals surface area contributed by atoms with Crippen LogP contribution >= 0.6 is 11.6 Å². The van der Waals surface area contributed by atoms with Crippen molar-refractivity contribution in [3.05, 3.63) is 28.8 Å². The number of hydrogen-bond donors (Lipinski definition) is 2. The average molecular weight is 227 g/mol. The third-order valence-corrected chi connectivity index (χ3v) is 3.07. The molecule has 0 aromatic heterocycles. The van der Waals surface area contributed by atoms with Crippen LogP contribution in [0.1, 0.15) is 19.4 Å². The number of nitrogens with one attached hydrogen (secondary N) is 2. The highest BCUT2D eigenvalue weighted by Gasteiger charge is 2.14. The molecule has 15 heavy (non-hydrogen) atoms. The van der Waals surface area contributed by atoms with Gasteiger partial charge in [-0.25, -0.2) is 0 Å². The summed E-state index contributed by atoms with van der Waals surface area (Å²) in [5.41, 5.74) is 2.28. The van der Waals surface area contributed by atoms with E-state index in [-0.39, 0.29) is 5.54 Å². The van der Waals surface area contributed by atoms with Gasteiger partial charge in [0, 0.05) is 22.8 Å². The summed E-state index contributed by atoms with van der Waals surface area (Å²) >= 11 is 6.04. The third-order valence-electron chi connectivity index (χ3n) is 2.67. The smallest absolute Gasteiger partial charge is 0.0455 e. The third kappa shape index (κ3) is 3.40. The Kier molecular flexibility index (Phi) is 4.00. The first-order valence-corrected chi connectivity index (χ1v) is 5.52. The first-order chi connectivity index (χ1) is 6.96.